The summed E-state index contributed by atoms with van der Waals surface area (Å²) >= 11 is 0. The van der Waals surface area contributed by atoms with Crippen molar-refractivity contribution in [2.24, 2.45) is 0 Å². The highest BCUT2D eigenvalue weighted by atomic mass is 16.5. The van der Waals surface area contributed by atoms with Crippen LogP contribution in [0, 0.1) is 0 Å². The summed E-state index contributed by atoms with van der Waals surface area (Å²) < 4.78 is 11.6. The Morgan fingerprint density at radius 2 is 1.70 bits per heavy atom. The molecule has 1 saturated heterocycles. The summed E-state index contributed by atoms with van der Waals surface area (Å²) in [6.45, 7) is 3.34. The maximum Gasteiger partial charge on any atom is 0.119 e. The second-order valence-electron chi connectivity index (χ2n) is 6.69. The van der Waals surface area contributed by atoms with Crippen LogP contribution < -0.4 is 4.74 Å². The molecule has 1 aromatic rings. The molecule has 2 fully saturated rings. The molecule has 4 heteroatoms. The number of para-hydroxylation sites is 1. The van der Waals surface area contributed by atoms with E-state index in [0.29, 0.717) is 25.4 Å². The average molecular weight is 319 g/mol. The van der Waals surface area contributed by atoms with Crippen molar-refractivity contribution in [2.45, 2.75) is 56.8 Å². The van der Waals surface area contributed by atoms with E-state index < -0.39 is 0 Å². The summed E-state index contributed by atoms with van der Waals surface area (Å²) in [4.78, 5) is 2.48. The molecular weight excluding hydrogens is 290 g/mol. The molecule has 3 rings (SSSR count). The predicted molar refractivity (Wildman–Crippen MR) is 90.7 cm³/mol. The van der Waals surface area contributed by atoms with E-state index in [2.05, 4.69) is 4.90 Å². The number of ether oxygens (including phenoxy) is 2. The maximum atomic E-state index is 10.2. The lowest BCUT2D eigenvalue weighted by Gasteiger charge is -2.41. The molecule has 1 aliphatic heterocycles. The van der Waals surface area contributed by atoms with Crippen LogP contribution in [-0.4, -0.2) is 54.6 Å². The number of rotatable bonds is 6. The van der Waals surface area contributed by atoms with Crippen LogP contribution in [0.4, 0.5) is 0 Å². The zero-order chi connectivity index (χ0) is 15.9. The summed E-state index contributed by atoms with van der Waals surface area (Å²) in [5.74, 6) is 0.900. The van der Waals surface area contributed by atoms with Crippen LogP contribution in [0.25, 0.3) is 0 Å². The number of benzene rings is 1. The van der Waals surface area contributed by atoms with Gasteiger partial charge in [-0.05, 0) is 37.8 Å². The fraction of sp³-hybridized carbons (Fsp3) is 0.684. The van der Waals surface area contributed by atoms with Crippen LogP contribution in [0.5, 0.6) is 5.75 Å². The van der Waals surface area contributed by atoms with E-state index in [1.54, 1.807) is 0 Å². The SMILES string of the molecule is O[C@@H]1CCCC[C@H]1N1CCC(OCCOc2ccccc2)CC1. The third-order valence-electron chi connectivity index (χ3n) is 5.09. The average Bonchev–Trinajstić information content (AvgIpc) is 2.61. The van der Waals surface area contributed by atoms with Crippen molar-refractivity contribution in [3.8, 4) is 5.75 Å². The van der Waals surface area contributed by atoms with E-state index in [1.807, 2.05) is 30.3 Å². The van der Waals surface area contributed by atoms with E-state index in [0.717, 1.165) is 44.5 Å². The van der Waals surface area contributed by atoms with Gasteiger partial charge in [0.25, 0.3) is 0 Å². The van der Waals surface area contributed by atoms with Gasteiger partial charge < -0.3 is 14.6 Å². The molecular formula is C19H29NO3. The molecule has 0 radical (unpaired) electrons. The van der Waals surface area contributed by atoms with Gasteiger partial charge in [-0.2, -0.15) is 0 Å². The summed E-state index contributed by atoms with van der Waals surface area (Å²) in [5.41, 5.74) is 0. The minimum atomic E-state index is -0.125. The molecule has 1 N–H and O–H groups in total. The minimum absolute atomic E-state index is 0.125. The van der Waals surface area contributed by atoms with Crippen LogP contribution >= 0.6 is 0 Å². The van der Waals surface area contributed by atoms with Gasteiger partial charge >= 0.3 is 0 Å². The van der Waals surface area contributed by atoms with Crippen molar-refractivity contribution in [1.29, 1.82) is 0 Å². The molecule has 128 valence electrons. The lowest BCUT2D eigenvalue weighted by Crippen LogP contribution is -2.49. The molecule has 1 heterocycles. The summed E-state index contributed by atoms with van der Waals surface area (Å²) in [6.07, 6.45) is 6.90. The van der Waals surface area contributed by atoms with Gasteiger partial charge in [-0.3, -0.25) is 4.90 Å². The van der Waals surface area contributed by atoms with Crippen LogP contribution in [0.3, 0.4) is 0 Å². The van der Waals surface area contributed by atoms with E-state index in [4.69, 9.17) is 9.47 Å². The Morgan fingerprint density at radius 3 is 2.43 bits per heavy atom. The van der Waals surface area contributed by atoms with Gasteiger partial charge in [0.1, 0.15) is 12.4 Å². The molecule has 2 aliphatic rings. The fourth-order valence-electron chi connectivity index (χ4n) is 3.78. The smallest absolute Gasteiger partial charge is 0.119 e. The molecule has 23 heavy (non-hydrogen) atoms. The number of hydrogen-bond acceptors (Lipinski definition) is 4. The second kappa shape index (κ2) is 8.67. The van der Waals surface area contributed by atoms with Crippen molar-refractivity contribution >= 4 is 0 Å². The first-order chi connectivity index (χ1) is 11.3. The third-order valence-corrected chi connectivity index (χ3v) is 5.09. The summed E-state index contributed by atoms with van der Waals surface area (Å²) in [5, 5.41) is 10.2. The molecule has 0 amide bonds. The Bertz CT molecular complexity index is 445. The summed E-state index contributed by atoms with van der Waals surface area (Å²) in [7, 11) is 0. The highest BCUT2D eigenvalue weighted by Gasteiger charge is 2.31. The van der Waals surface area contributed by atoms with Gasteiger partial charge in [-0.25, -0.2) is 0 Å². The van der Waals surface area contributed by atoms with E-state index in [-0.39, 0.29) is 6.10 Å². The Labute approximate surface area is 139 Å². The predicted octanol–water partition coefficient (Wildman–Crippen LogP) is 2.85. The largest absolute Gasteiger partial charge is 0.491 e. The number of nitrogens with zero attached hydrogens (tertiary/aromatic N) is 1. The van der Waals surface area contributed by atoms with E-state index in [9.17, 15) is 5.11 Å². The van der Waals surface area contributed by atoms with Gasteiger partial charge in [-0.1, -0.05) is 31.0 Å². The molecule has 2 atom stereocenters. The molecule has 0 unspecified atom stereocenters. The molecule has 1 aromatic carbocycles. The molecule has 0 aromatic heterocycles. The standard InChI is InChI=1S/C19H29NO3/c21-19-9-5-4-8-18(19)20-12-10-17(11-13-20)23-15-14-22-16-6-2-1-3-7-16/h1-3,6-7,17-19,21H,4-5,8-15H2/t18-,19-/m1/s1. The molecule has 4 nitrogen and oxygen atoms in total. The number of piperidine rings is 1. The van der Waals surface area contributed by atoms with Crippen molar-refractivity contribution in [3.05, 3.63) is 30.3 Å². The first-order valence-electron chi connectivity index (χ1n) is 9.04. The quantitative estimate of drug-likeness (QED) is 0.819. The van der Waals surface area contributed by atoms with E-state index >= 15 is 0 Å². The van der Waals surface area contributed by atoms with Crippen LogP contribution in [0.2, 0.25) is 0 Å². The Morgan fingerprint density at radius 1 is 0.957 bits per heavy atom. The number of aliphatic hydroxyl groups is 1. The Hall–Kier alpha value is -1.10. The third kappa shape index (κ3) is 4.93. The molecule has 0 spiro atoms. The van der Waals surface area contributed by atoms with Crippen molar-refractivity contribution in [2.75, 3.05) is 26.3 Å². The first-order valence-corrected chi connectivity index (χ1v) is 9.04. The Balaban J connectivity index is 1.31. The van der Waals surface area contributed by atoms with Gasteiger partial charge in [0.2, 0.25) is 0 Å². The van der Waals surface area contributed by atoms with Crippen molar-refractivity contribution in [1.82, 2.24) is 4.90 Å². The van der Waals surface area contributed by atoms with Gasteiger partial charge in [0, 0.05) is 19.1 Å². The van der Waals surface area contributed by atoms with Crippen LogP contribution in [-0.2, 0) is 4.74 Å². The highest BCUT2D eigenvalue weighted by molar-refractivity contribution is 5.20. The topological polar surface area (TPSA) is 41.9 Å². The molecule has 0 bridgehead atoms. The second-order valence-corrected chi connectivity index (χ2v) is 6.69. The molecule has 1 aliphatic carbocycles. The lowest BCUT2D eigenvalue weighted by molar-refractivity contribution is -0.0391. The zero-order valence-electron chi connectivity index (χ0n) is 13.9. The summed E-state index contributed by atoms with van der Waals surface area (Å²) in [6, 6.07) is 10.3. The lowest BCUT2D eigenvalue weighted by atomic mass is 9.90. The minimum Gasteiger partial charge on any atom is -0.491 e. The number of likely N-dealkylation sites (tertiary alicyclic amines) is 1. The number of hydrogen-bond donors (Lipinski definition) is 1. The van der Waals surface area contributed by atoms with E-state index in [1.165, 1.54) is 12.8 Å². The van der Waals surface area contributed by atoms with Gasteiger partial charge in [0.15, 0.2) is 0 Å². The first kappa shape index (κ1) is 16.7. The normalized spacial score (nSPS) is 27.0. The highest BCUT2D eigenvalue weighted by Crippen LogP contribution is 2.26. The fourth-order valence-corrected chi connectivity index (χ4v) is 3.78. The maximum absolute atomic E-state index is 10.2. The van der Waals surface area contributed by atoms with Crippen LogP contribution in [0.1, 0.15) is 38.5 Å². The number of aliphatic hydroxyl groups excluding tert-OH is 1. The van der Waals surface area contributed by atoms with Gasteiger partial charge in [-0.15, -0.1) is 0 Å². The zero-order valence-corrected chi connectivity index (χ0v) is 13.9. The van der Waals surface area contributed by atoms with Crippen molar-refractivity contribution in [3.63, 3.8) is 0 Å². The van der Waals surface area contributed by atoms with Crippen LogP contribution in [0.15, 0.2) is 30.3 Å². The molecule has 1 saturated carbocycles. The van der Waals surface area contributed by atoms with Gasteiger partial charge in [0.05, 0.1) is 18.8 Å². The Kier molecular flexibility index (Phi) is 6.31. The monoisotopic (exact) mass is 319 g/mol. The van der Waals surface area contributed by atoms with Crippen molar-refractivity contribution < 1.29 is 14.6 Å².